The number of urea groups is 1. The second kappa shape index (κ2) is 8.90. The molecule has 1 aromatic carbocycles. The molecule has 4 rings (SSSR count). The molecule has 1 saturated heterocycles. The summed E-state index contributed by atoms with van der Waals surface area (Å²) in [7, 11) is 0. The summed E-state index contributed by atoms with van der Waals surface area (Å²) >= 11 is 0. The Balaban J connectivity index is 1.39. The average molecular weight is 411 g/mol. The fraction of sp³-hybridized carbons (Fsp3) is 0.522. The molecule has 1 saturated carbocycles. The summed E-state index contributed by atoms with van der Waals surface area (Å²) in [4.78, 5) is 26.7. The molecule has 0 radical (unpaired) electrons. The number of nitrogens with zero attached hydrogens (tertiary/aromatic N) is 3. The second-order valence-electron chi connectivity index (χ2n) is 8.29. The summed E-state index contributed by atoms with van der Waals surface area (Å²) in [5.41, 5.74) is 2.76. The summed E-state index contributed by atoms with van der Waals surface area (Å²) in [6.45, 7) is 5.66. The van der Waals surface area contributed by atoms with E-state index in [0.29, 0.717) is 18.1 Å². The van der Waals surface area contributed by atoms with Crippen LogP contribution in [-0.4, -0.2) is 46.4 Å². The molecule has 1 aliphatic carbocycles. The number of fused-ring (bicyclic) bond motifs is 1. The molecule has 30 heavy (non-hydrogen) atoms. The van der Waals surface area contributed by atoms with Gasteiger partial charge in [0.05, 0.1) is 24.2 Å². The van der Waals surface area contributed by atoms with Crippen molar-refractivity contribution < 1.29 is 14.3 Å². The molecule has 2 heterocycles. The van der Waals surface area contributed by atoms with Gasteiger partial charge in [0, 0.05) is 18.8 Å². The van der Waals surface area contributed by atoms with Crippen molar-refractivity contribution in [2.75, 3.05) is 25.0 Å². The first-order valence-corrected chi connectivity index (χ1v) is 10.9. The molecular formula is C23H30N4O3. The summed E-state index contributed by atoms with van der Waals surface area (Å²) in [6, 6.07) is 7.49. The van der Waals surface area contributed by atoms with E-state index in [0.717, 1.165) is 42.5 Å². The number of benzene rings is 1. The van der Waals surface area contributed by atoms with E-state index in [2.05, 4.69) is 10.4 Å². The molecule has 2 atom stereocenters. The Morgan fingerprint density at radius 1 is 1.13 bits per heavy atom. The van der Waals surface area contributed by atoms with Crippen molar-refractivity contribution in [3.05, 3.63) is 41.7 Å². The third-order valence-corrected chi connectivity index (χ3v) is 6.45. The monoisotopic (exact) mass is 410 g/mol. The lowest BCUT2D eigenvalue weighted by Gasteiger charge is -2.41. The molecule has 160 valence electrons. The van der Waals surface area contributed by atoms with Gasteiger partial charge in [-0.2, -0.15) is 5.10 Å². The van der Waals surface area contributed by atoms with Gasteiger partial charge in [-0.1, -0.05) is 19.3 Å². The quantitative estimate of drug-likeness (QED) is 0.758. The Kier molecular flexibility index (Phi) is 6.06. The average Bonchev–Trinajstić information content (AvgIpc) is 3.15. The highest BCUT2D eigenvalue weighted by atomic mass is 16.5. The van der Waals surface area contributed by atoms with Gasteiger partial charge in [0.2, 0.25) is 0 Å². The van der Waals surface area contributed by atoms with Crippen molar-refractivity contribution in [3.8, 4) is 5.69 Å². The van der Waals surface area contributed by atoms with Crippen LogP contribution in [0, 0.1) is 18.8 Å². The van der Waals surface area contributed by atoms with Crippen molar-refractivity contribution in [3.63, 3.8) is 0 Å². The maximum atomic E-state index is 12.7. The van der Waals surface area contributed by atoms with Gasteiger partial charge in [0.25, 0.3) is 0 Å². The van der Waals surface area contributed by atoms with E-state index in [9.17, 15) is 9.59 Å². The molecule has 0 unspecified atom stereocenters. The molecule has 0 bridgehead atoms. The van der Waals surface area contributed by atoms with Gasteiger partial charge in [0.1, 0.15) is 5.56 Å². The Labute approximate surface area is 177 Å². The Morgan fingerprint density at radius 3 is 2.60 bits per heavy atom. The molecule has 2 fully saturated rings. The molecule has 7 nitrogen and oxygen atoms in total. The van der Waals surface area contributed by atoms with Crippen LogP contribution in [0.15, 0.2) is 30.5 Å². The number of piperidine rings is 1. The van der Waals surface area contributed by atoms with E-state index in [-0.39, 0.29) is 12.0 Å². The predicted molar refractivity (Wildman–Crippen MR) is 115 cm³/mol. The van der Waals surface area contributed by atoms with E-state index in [1.165, 1.54) is 31.9 Å². The standard InChI is InChI=1S/C23H30N4O3/c1-3-30-22(28)21-14-24-27(16(21)2)20-10-8-19(9-11-20)25-23(29)26-13-12-17-6-4-5-7-18(17)15-26/h8-11,14,17-18H,3-7,12-13,15H2,1-2H3,(H,25,29)/t17-,18-/m1/s1. The molecule has 7 heteroatoms. The first-order chi connectivity index (χ1) is 14.6. The van der Waals surface area contributed by atoms with Gasteiger partial charge >= 0.3 is 12.0 Å². The fourth-order valence-electron chi connectivity index (χ4n) is 4.75. The minimum Gasteiger partial charge on any atom is -0.462 e. The third-order valence-electron chi connectivity index (χ3n) is 6.45. The molecular weight excluding hydrogens is 380 g/mol. The van der Waals surface area contributed by atoms with Crippen molar-refractivity contribution in [1.29, 1.82) is 0 Å². The van der Waals surface area contributed by atoms with Crippen LogP contribution in [0.4, 0.5) is 10.5 Å². The van der Waals surface area contributed by atoms with Crippen LogP contribution in [0.1, 0.15) is 55.1 Å². The van der Waals surface area contributed by atoms with Crippen LogP contribution < -0.4 is 5.32 Å². The number of aromatic nitrogens is 2. The Bertz CT molecular complexity index is 906. The fourth-order valence-corrected chi connectivity index (χ4v) is 4.75. The predicted octanol–water partition coefficient (Wildman–Crippen LogP) is 4.40. The highest BCUT2D eigenvalue weighted by Gasteiger charge is 2.32. The Morgan fingerprint density at radius 2 is 1.87 bits per heavy atom. The molecule has 1 N–H and O–H groups in total. The van der Waals surface area contributed by atoms with Crippen LogP contribution >= 0.6 is 0 Å². The molecule has 2 aromatic rings. The largest absolute Gasteiger partial charge is 0.462 e. The van der Waals surface area contributed by atoms with Gasteiger partial charge in [-0.25, -0.2) is 14.3 Å². The van der Waals surface area contributed by atoms with Crippen molar-refractivity contribution in [1.82, 2.24) is 14.7 Å². The number of anilines is 1. The molecule has 2 amide bonds. The SMILES string of the molecule is CCOC(=O)c1cnn(-c2ccc(NC(=O)N3CC[C@H]4CCCC[C@@H]4C3)cc2)c1C. The number of nitrogens with one attached hydrogen (secondary N) is 1. The zero-order chi connectivity index (χ0) is 21.1. The van der Waals surface area contributed by atoms with E-state index < -0.39 is 0 Å². The van der Waals surface area contributed by atoms with Crippen molar-refractivity contribution in [2.45, 2.75) is 46.0 Å². The molecule has 1 aliphatic heterocycles. The van der Waals surface area contributed by atoms with Crippen LogP contribution in [0.25, 0.3) is 5.69 Å². The highest BCUT2D eigenvalue weighted by molar-refractivity contribution is 5.91. The lowest BCUT2D eigenvalue weighted by molar-refractivity contribution is 0.0525. The maximum Gasteiger partial charge on any atom is 0.341 e. The smallest absolute Gasteiger partial charge is 0.341 e. The molecule has 1 aromatic heterocycles. The lowest BCUT2D eigenvalue weighted by atomic mass is 9.75. The maximum absolute atomic E-state index is 12.7. The summed E-state index contributed by atoms with van der Waals surface area (Å²) in [5, 5.41) is 7.34. The van der Waals surface area contributed by atoms with E-state index in [4.69, 9.17) is 4.74 Å². The van der Waals surface area contributed by atoms with Gasteiger partial charge in [-0.05, 0) is 62.8 Å². The van der Waals surface area contributed by atoms with Gasteiger partial charge in [-0.15, -0.1) is 0 Å². The van der Waals surface area contributed by atoms with Crippen LogP contribution in [0.5, 0.6) is 0 Å². The van der Waals surface area contributed by atoms with E-state index >= 15 is 0 Å². The van der Waals surface area contributed by atoms with Crippen molar-refractivity contribution in [2.24, 2.45) is 11.8 Å². The van der Waals surface area contributed by atoms with Crippen LogP contribution in [0.3, 0.4) is 0 Å². The number of hydrogen-bond donors (Lipinski definition) is 1. The first kappa shape index (κ1) is 20.4. The van der Waals surface area contributed by atoms with Gasteiger partial charge in [0.15, 0.2) is 0 Å². The lowest BCUT2D eigenvalue weighted by Crippen LogP contribution is -2.46. The topological polar surface area (TPSA) is 76.5 Å². The summed E-state index contributed by atoms with van der Waals surface area (Å²) < 4.78 is 6.77. The molecule has 2 aliphatic rings. The number of ether oxygens (including phenoxy) is 1. The summed E-state index contributed by atoms with van der Waals surface area (Å²) in [6.07, 6.45) is 7.86. The normalized spacial score (nSPS) is 21.1. The Hall–Kier alpha value is -2.83. The highest BCUT2D eigenvalue weighted by Crippen LogP contribution is 2.36. The van der Waals surface area contributed by atoms with Gasteiger partial charge in [-0.3, -0.25) is 0 Å². The number of likely N-dealkylation sites (tertiary alicyclic amines) is 1. The van der Waals surface area contributed by atoms with Crippen LogP contribution in [0.2, 0.25) is 0 Å². The number of carbonyl (C=O) groups is 2. The van der Waals surface area contributed by atoms with Crippen LogP contribution in [-0.2, 0) is 4.74 Å². The number of hydrogen-bond acceptors (Lipinski definition) is 4. The van der Waals surface area contributed by atoms with Crippen molar-refractivity contribution >= 4 is 17.7 Å². The minimum atomic E-state index is -0.369. The van der Waals surface area contributed by atoms with E-state index in [1.807, 2.05) is 36.1 Å². The molecule has 0 spiro atoms. The van der Waals surface area contributed by atoms with Gasteiger partial charge < -0.3 is 15.0 Å². The van der Waals surface area contributed by atoms with E-state index in [1.54, 1.807) is 11.6 Å². The first-order valence-electron chi connectivity index (χ1n) is 10.9. The number of carbonyl (C=O) groups excluding carboxylic acids is 2. The second-order valence-corrected chi connectivity index (χ2v) is 8.29. The number of rotatable bonds is 4. The number of esters is 1. The minimum absolute atomic E-state index is 0.0216. The zero-order valence-electron chi connectivity index (χ0n) is 17.8. The zero-order valence-corrected chi connectivity index (χ0v) is 17.8. The number of amides is 2. The third kappa shape index (κ3) is 4.20. The summed E-state index contributed by atoms with van der Waals surface area (Å²) in [5.74, 6) is 1.10.